The van der Waals surface area contributed by atoms with Gasteiger partial charge in [0.2, 0.25) is 0 Å². The van der Waals surface area contributed by atoms with Gasteiger partial charge in [0.15, 0.2) is 0 Å². The molecule has 0 bridgehead atoms. The molecule has 1 heterocycles. The fraction of sp³-hybridized carbons (Fsp3) is 0.714. The highest BCUT2D eigenvalue weighted by Gasteiger charge is 2.07. The molecule has 0 amide bonds. The van der Waals surface area contributed by atoms with E-state index in [0.29, 0.717) is 6.04 Å². The van der Waals surface area contributed by atoms with Gasteiger partial charge in [-0.3, -0.25) is 0 Å². The quantitative estimate of drug-likeness (QED) is 0.646. The second-order valence-corrected chi connectivity index (χ2v) is 5.24. The first-order valence-electron chi connectivity index (χ1n) is 6.70. The summed E-state index contributed by atoms with van der Waals surface area (Å²) >= 11 is 1.86. The van der Waals surface area contributed by atoms with E-state index in [1.165, 1.54) is 24.1 Å². The molecular formula is C14H25NOS. The summed E-state index contributed by atoms with van der Waals surface area (Å²) in [6, 6.07) is 5.01. The van der Waals surface area contributed by atoms with E-state index >= 15 is 0 Å². The van der Waals surface area contributed by atoms with E-state index in [2.05, 4.69) is 36.7 Å². The van der Waals surface area contributed by atoms with Gasteiger partial charge in [0.1, 0.15) is 0 Å². The third-order valence-corrected chi connectivity index (χ3v) is 3.79. The van der Waals surface area contributed by atoms with Crippen LogP contribution in [0.4, 0.5) is 0 Å². The molecule has 1 aromatic heterocycles. The van der Waals surface area contributed by atoms with Crippen LogP contribution in [0.15, 0.2) is 17.5 Å². The Hall–Kier alpha value is -0.380. The van der Waals surface area contributed by atoms with E-state index in [9.17, 15) is 0 Å². The van der Waals surface area contributed by atoms with Crippen molar-refractivity contribution >= 4 is 11.3 Å². The molecule has 1 atom stereocenters. The first kappa shape index (κ1) is 14.7. The lowest BCUT2D eigenvalue weighted by Crippen LogP contribution is -2.29. The molecule has 0 aromatic carbocycles. The zero-order valence-corrected chi connectivity index (χ0v) is 11.9. The number of aryl methyl sites for hydroxylation is 1. The number of nitrogens with one attached hydrogen (secondary N) is 1. The Balaban J connectivity index is 2.17. The minimum absolute atomic E-state index is 0.641. The van der Waals surface area contributed by atoms with Crippen LogP contribution in [0.3, 0.4) is 0 Å². The predicted octanol–water partition coefficient (Wildman–Crippen LogP) is 3.48. The topological polar surface area (TPSA) is 21.3 Å². The Labute approximate surface area is 109 Å². The Kier molecular flexibility index (Phi) is 8.32. The fourth-order valence-electron chi connectivity index (χ4n) is 1.98. The van der Waals surface area contributed by atoms with E-state index < -0.39 is 0 Å². The summed E-state index contributed by atoms with van der Waals surface area (Å²) in [4.78, 5) is 1.50. The van der Waals surface area contributed by atoms with Crippen LogP contribution in [0, 0.1) is 0 Å². The van der Waals surface area contributed by atoms with Crippen LogP contribution in [-0.2, 0) is 11.2 Å². The lowest BCUT2D eigenvalue weighted by molar-refractivity contribution is 0.140. The molecule has 17 heavy (non-hydrogen) atoms. The van der Waals surface area contributed by atoms with Crippen LogP contribution < -0.4 is 5.32 Å². The fourth-order valence-corrected chi connectivity index (χ4v) is 2.71. The Morgan fingerprint density at radius 1 is 1.35 bits per heavy atom. The van der Waals surface area contributed by atoms with Gasteiger partial charge in [-0.25, -0.2) is 0 Å². The van der Waals surface area contributed by atoms with Crippen molar-refractivity contribution in [2.45, 2.75) is 45.6 Å². The van der Waals surface area contributed by atoms with E-state index in [4.69, 9.17) is 4.74 Å². The zero-order chi connectivity index (χ0) is 12.3. The van der Waals surface area contributed by atoms with Gasteiger partial charge < -0.3 is 10.1 Å². The predicted molar refractivity (Wildman–Crippen MR) is 75.8 cm³/mol. The van der Waals surface area contributed by atoms with Gasteiger partial charge in [-0.05, 0) is 50.6 Å². The molecule has 3 heteroatoms. The molecular weight excluding hydrogens is 230 g/mol. The van der Waals surface area contributed by atoms with Crippen molar-refractivity contribution in [1.82, 2.24) is 5.32 Å². The van der Waals surface area contributed by atoms with E-state index in [-0.39, 0.29) is 0 Å². The second-order valence-electron chi connectivity index (χ2n) is 4.21. The maximum Gasteiger partial charge on any atom is 0.0466 e. The summed E-state index contributed by atoms with van der Waals surface area (Å²) in [6.07, 6.45) is 4.82. The maximum atomic E-state index is 5.39. The highest BCUT2D eigenvalue weighted by molar-refractivity contribution is 7.09. The summed E-state index contributed by atoms with van der Waals surface area (Å²) in [5, 5.41) is 5.73. The smallest absolute Gasteiger partial charge is 0.0466 e. The first-order chi connectivity index (χ1) is 8.36. The minimum atomic E-state index is 0.641. The van der Waals surface area contributed by atoms with Crippen molar-refractivity contribution in [3.05, 3.63) is 22.4 Å². The number of rotatable bonds is 10. The summed E-state index contributed by atoms with van der Waals surface area (Å²) in [5.41, 5.74) is 0. The lowest BCUT2D eigenvalue weighted by Gasteiger charge is -2.17. The molecule has 0 aliphatic heterocycles. The summed E-state index contributed by atoms with van der Waals surface area (Å²) in [6.45, 7) is 7.03. The van der Waals surface area contributed by atoms with Gasteiger partial charge in [-0.2, -0.15) is 0 Å². The standard InChI is InChI=1S/C14H25NOS/c1-3-15-13(7-5-11-16-4-2)9-10-14-8-6-12-17-14/h6,8,12-13,15H,3-5,7,9-11H2,1-2H3. The molecule has 0 saturated heterocycles. The van der Waals surface area contributed by atoms with Crippen LogP contribution in [0.5, 0.6) is 0 Å². The largest absolute Gasteiger partial charge is 0.382 e. The van der Waals surface area contributed by atoms with Crippen LogP contribution >= 0.6 is 11.3 Å². The van der Waals surface area contributed by atoms with E-state index in [0.717, 1.165) is 26.2 Å². The summed E-state index contributed by atoms with van der Waals surface area (Å²) < 4.78 is 5.39. The highest BCUT2D eigenvalue weighted by atomic mass is 32.1. The van der Waals surface area contributed by atoms with Crippen LogP contribution in [-0.4, -0.2) is 25.8 Å². The van der Waals surface area contributed by atoms with E-state index in [1.807, 2.05) is 11.3 Å². The van der Waals surface area contributed by atoms with Crippen molar-refractivity contribution in [3.63, 3.8) is 0 Å². The maximum absolute atomic E-state index is 5.39. The third kappa shape index (κ3) is 6.81. The average molecular weight is 255 g/mol. The first-order valence-corrected chi connectivity index (χ1v) is 7.58. The van der Waals surface area contributed by atoms with Crippen LogP contribution in [0.1, 0.15) is 38.0 Å². The average Bonchev–Trinajstić information content (AvgIpc) is 2.84. The van der Waals surface area contributed by atoms with Gasteiger partial charge in [0, 0.05) is 24.1 Å². The van der Waals surface area contributed by atoms with Gasteiger partial charge in [0.25, 0.3) is 0 Å². The Morgan fingerprint density at radius 2 is 2.24 bits per heavy atom. The molecule has 0 spiro atoms. The molecule has 1 aromatic rings. The molecule has 0 fully saturated rings. The Morgan fingerprint density at radius 3 is 2.88 bits per heavy atom. The molecule has 1 N–H and O–H groups in total. The van der Waals surface area contributed by atoms with Gasteiger partial charge in [-0.15, -0.1) is 11.3 Å². The number of thiophene rings is 1. The second kappa shape index (κ2) is 9.63. The molecule has 98 valence electrons. The third-order valence-electron chi connectivity index (χ3n) is 2.86. The van der Waals surface area contributed by atoms with Crippen molar-refractivity contribution in [1.29, 1.82) is 0 Å². The van der Waals surface area contributed by atoms with Gasteiger partial charge in [0.05, 0.1) is 0 Å². The zero-order valence-electron chi connectivity index (χ0n) is 11.1. The van der Waals surface area contributed by atoms with Gasteiger partial charge in [-0.1, -0.05) is 13.0 Å². The lowest BCUT2D eigenvalue weighted by atomic mass is 10.1. The molecule has 1 unspecified atom stereocenters. The van der Waals surface area contributed by atoms with Gasteiger partial charge >= 0.3 is 0 Å². The monoisotopic (exact) mass is 255 g/mol. The van der Waals surface area contributed by atoms with Crippen LogP contribution in [0.25, 0.3) is 0 Å². The number of hydrogen-bond donors (Lipinski definition) is 1. The highest BCUT2D eigenvalue weighted by Crippen LogP contribution is 2.14. The Bertz CT molecular complexity index is 261. The van der Waals surface area contributed by atoms with Crippen molar-refractivity contribution < 1.29 is 4.74 Å². The molecule has 2 nitrogen and oxygen atoms in total. The van der Waals surface area contributed by atoms with E-state index in [1.54, 1.807) is 0 Å². The van der Waals surface area contributed by atoms with Crippen LogP contribution in [0.2, 0.25) is 0 Å². The van der Waals surface area contributed by atoms with Crippen molar-refractivity contribution in [2.24, 2.45) is 0 Å². The van der Waals surface area contributed by atoms with Crippen molar-refractivity contribution in [3.8, 4) is 0 Å². The van der Waals surface area contributed by atoms with Crippen molar-refractivity contribution in [2.75, 3.05) is 19.8 Å². The molecule has 1 rings (SSSR count). The number of ether oxygens (including phenoxy) is 1. The molecule has 0 saturated carbocycles. The number of hydrogen-bond acceptors (Lipinski definition) is 3. The summed E-state index contributed by atoms with van der Waals surface area (Å²) in [7, 11) is 0. The molecule has 0 radical (unpaired) electrons. The minimum Gasteiger partial charge on any atom is -0.382 e. The summed E-state index contributed by atoms with van der Waals surface area (Å²) in [5.74, 6) is 0. The normalized spacial score (nSPS) is 12.8. The molecule has 0 aliphatic carbocycles. The molecule has 0 aliphatic rings. The SMILES string of the molecule is CCNC(CCCOCC)CCc1cccs1.